The molecule has 4 heteroatoms. The lowest BCUT2D eigenvalue weighted by molar-refractivity contribution is -0.141. The van der Waals surface area contributed by atoms with Gasteiger partial charge in [-0.2, -0.15) is 0 Å². The molecule has 2 heterocycles. The van der Waals surface area contributed by atoms with Crippen molar-refractivity contribution >= 4 is 17.5 Å². The van der Waals surface area contributed by atoms with E-state index < -0.39 is 0 Å². The zero-order chi connectivity index (χ0) is 12.7. The SMILES string of the molecule is CN1C(=O)CC2=C(N=C(c3ccccc3)C2)C1=O. The molecule has 0 bridgehead atoms. The standard InChI is InChI=1S/C14H12N2O2/c1-16-12(17)8-10-7-11(15-13(10)14(16)18)9-5-3-2-4-6-9/h2-6H,7-8H2,1H3. The van der Waals surface area contributed by atoms with Gasteiger partial charge in [-0.1, -0.05) is 30.3 Å². The van der Waals surface area contributed by atoms with Gasteiger partial charge in [0.05, 0.1) is 12.1 Å². The predicted molar refractivity (Wildman–Crippen MR) is 67.0 cm³/mol. The van der Waals surface area contributed by atoms with Gasteiger partial charge in [-0.25, -0.2) is 4.99 Å². The Labute approximate surface area is 105 Å². The minimum absolute atomic E-state index is 0.150. The fourth-order valence-corrected chi connectivity index (χ4v) is 2.26. The van der Waals surface area contributed by atoms with Gasteiger partial charge >= 0.3 is 0 Å². The summed E-state index contributed by atoms with van der Waals surface area (Å²) in [5.74, 6) is -0.435. The first-order valence-electron chi connectivity index (χ1n) is 5.82. The molecule has 0 fully saturated rings. The fourth-order valence-electron chi connectivity index (χ4n) is 2.26. The minimum Gasteiger partial charge on any atom is -0.280 e. The number of benzene rings is 1. The van der Waals surface area contributed by atoms with E-state index in [-0.39, 0.29) is 11.8 Å². The molecule has 0 atom stereocenters. The van der Waals surface area contributed by atoms with E-state index in [0.717, 1.165) is 21.7 Å². The van der Waals surface area contributed by atoms with Crippen LogP contribution in [0.4, 0.5) is 0 Å². The van der Waals surface area contributed by atoms with E-state index in [2.05, 4.69) is 4.99 Å². The van der Waals surface area contributed by atoms with Crippen molar-refractivity contribution in [2.75, 3.05) is 7.05 Å². The van der Waals surface area contributed by atoms with Gasteiger partial charge in [0.2, 0.25) is 5.91 Å². The van der Waals surface area contributed by atoms with Crippen LogP contribution in [0.5, 0.6) is 0 Å². The Balaban J connectivity index is 1.96. The summed E-state index contributed by atoms with van der Waals surface area (Å²) in [5.41, 5.74) is 3.18. The van der Waals surface area contributed by atoms with Crippen molar-refractivity contribution in [3.8, 4) is 0 Å². The van der Waals surface area contributed by atoms with Crippen molar-refractivity contribution in [1.29, 1.82) is 0 Å². The van der Waals surface area contributed by atoms with Gasteiger partial charge in [-0.15, -0.1) is 0 Å². The van der Waals surface area contributed by atoms with Crippen molar-refractivity contribution in [3.63, 3.8) is 0 Å². The van der Waals surface area contributed by atoms with E-state index in [0.29, 0.717) is 18.5 Å². The van der Waals surface area contributed by atoms with Crippen LogP contribution in [-0.4, -0.2) is 29.5 Å². The van der Waals surface area contributed by atoms with Crippen LogP contribution < -0.4 is 0 Å². The smallest absolute Gasteiger partial charge is 0.278 e. The molecule has 2 aliphatic rings. The molecule has 0 saturated heterocycles. The number of hydrogen-bond acceptors (Lipinski definition) is 3. The third-order valence-corrected chi connectivity index (χ3v) is 3.32. The van der Waals surface area contributed by atoms with E-state index >= 15 is 0 Å². The van der Waals surface area contributed by atoms with Crippen molar-refractivity contribution in [2.24, 2.45) is 4.99 Å². The molecule has 4 nitrogen and oxygen atoms in total. The monoisotopic (exact) mass is 240 g/mol. The van der Waals surface area contributed by atoms with Crippen LogP contribution in [0.25, 0.3) is 0 Å². The van der Waals surface area contributed by atoms with Crippen LogP contribution in [0, 0.1) is 0 Å². The van der Waals surface area contributed by atoms with Gasteiger partial charge in [-0.05, 0) is 11.1 Å². The van der Waals surface area contributed by atoms with Crippen molar-refractivity contribution in [3.05, 3.63) is 47.2 Å². The maximum absolute atomic E-state index is 11.9. The molecule has 0 saturated carbocycles. The molecule has 2 amide bonds. The molecule has 0 aliphatic carbocycles. The highest BCUT2D eigenvalue weighted by atomic mass is 16.2. The number of amides is 2. The lowest BCUT2D eigenvalue weighted by atomic mass is 9.99. The van der Waals surface area contributed by atoms with Crippen LogP contribution in [0.2, 0.25) is 0 Å². The number of nitrogens with zero attached hydrogens (tertiary/aromatic N) is 2. The third-order valence-electron chi connectivity index (χ3n) is 3.32. The molecule has 1 aromatic carbocycles. The lowest BCUT2D eigenvalue weighted by Gasteiger charge is -2.20. The second-order valence-electron chi connectivity index (χ2n) is 4.49. The lowest BCUT2D eigenvalue weighted by Crippen LogP contribution is -2.37. The van der Waals surface area contributed by atoms with E-state index in [1.807, 2.05) is 30.3 Å². The second-order valence-corrected chi connectivity index (χ2v) is 4.49. The Kier molecular flexibility index (Phi) is 2.37. The summed E-state index contributed by atoms with van der Waals surface area (Å²) in [6, 6.07) is 9.75. The maximum atomic E-state index is 11.9. The van der Waals surface area contributed by atoms with Crippen LogP contribution >= 0.6 is 0 Å². The topological polar surface area (TPSA) is 49.7 Å². The molecule has 18 heavy (non-hydrogen) atoms. The molecule has 0 radical (unpaired) electrons. The normalized spacial score (nSPS) is 19.2. The van der Waals surface area contributed by atoms with Gasteiger partial charge in [0.1, 0.15) is 5.70 Å². The average Bonchev–Trinajstić information content (AvgIpc) is 2.81. The molecule has 0 N–H and O–H groups in total. The Morgan fingerprint density at radius 3 is 2.56 bits per heavy atom. The summed E-state index contributed by atoms with van der Waals surface area (Å²) >= 11 is 0. The van der Waals surface area contributed by atoms with Crippen LogP contribution in [0.1, 0.15) is 18.4 Å². The summed E-state index contributed by atoms with van der Waals surface area (Å²) in [6.45, 7) is 0. The molecule has 0 spiro atoms. The number of carbonyl (C=O) groups is 2. The Hall–Kier alpha value is -2.23. The largest absolute Gasteiger partial charge is 0.280 e. The molecule has 1 aromatic rings. The fraction of sp³-hybridized carbons (Fsp3) is 0.214. The Morgan fingerprint density at radius 2 is 1.83 bits per heavy atom. The molecule has 3 rings (SSSR count). The Bertz CT molecular complexity index is 599. The quantitative estimate of drug-likeness (QED) is 0.699. The number of imide groups is 1. The van der Waals surface area contributed by atoms with Crippen molar-refractivity contribution in [1.82, 2.24) is 4.90 Å². The molecule has 0 aromatic heterocycles. The molecule has 2 aliphatic heterocycles. The van der Waals surface area contributed by atoms with E-state index in [9.17, 15) is 9.59 Å². The van der Waals surface area contributed by atoms with Crippen LogP contribution in [0.15, 0.2) is 46.6 Å². The number of carbonyl (C=O) groups excluding carboxylic acids is 2. The zero-order valence-electron chi connectivity index (χ0n) is 10.0. The van der Waals surface area contributed by atoms with Crippen LogP contribution in [0.3, 0.4) is 0 Å². The average molecular weight is 240 g/mol. The van der Waals surface area contributed by atoms with Gasteiger partial charge in [0.25, 0.3) is 5.91 Å². The number of aliphatic imine (C=N–C) groups is 1. The predicted octanol–water partition coefficient (Wildman–Crippen LogP) is 1.52. The summed E-state index contributed by atoms with van der Waals surface area (Å²) in [7, 11) is 1.50. The molecule has 90 valence electrons. The second kappa shape index (κ2) is 3.91. The highest BCUT2D eigenvalue weighted by Gasteiger charge is 2.34. The van der Waals surface area contributed by atoms with E-state index in [1.165, 1.54) is 7.05 Å². The first kappa shape index (κ1) is 10.9. The summed E-state index contributed by atoms with van der Waals surface area (Å²) in [4.78, 5) is 29.1. The number of likely N-dealkylation sites (N-methyl/N-ethyl adjacent to an activating group) is 1. The first-order valence-corrected chi connectivity index (χ1v) is 5.82. The minimum atomic E-state index is -0.285. The number of rotatable bonds is 1. The van der Waals surface area contributed by atoms with Gasteiger partial charge in [0.15, 0.2) is 0 Å². The summed E-state index contributed by atoms with van der Waals surface area (Å²) in [5, 5.41) is 0. The third kappa shape index (κ3) is 1.57. The van der Waals surface area contributed by atoms with Crippen molar-refractivity contribution in [2.45, 2.75) is 12.8 Å². The Morgan fingerprint density at radius 1 is 1.11 bits per heavy atom. The maximum Gasteiger partial charge on any atom is 0.278 e. The molecular formula is C14H12N2O2. The summed E-state index contributed by atoms with van der Waals surface area (Å²) < 4.78 is 0. The number of hydrogen-bond donors (Lipinski definition) is 0. The van der Waals surface area contributed by atoms with Gasteiger partial charge in [-0.3, -0.25) is 14.5 Å². The zero-order valence-corrected chi connectivity index (χ0v) is 10.0. The van der Waals surface area contributed by atoms with E-state index in [1.54, 1.807) is 0 Å². The molecule has 0 unspecified atom stereocenters. The van der Waals surface area contributed by atoms with E-state index in [4.69, 9.17) is 0 Å². The van der Waals surface area contributed by atoms with Gasteiger partial charge in [0, 0.05) is 13.5 Å². The first-order chi connectivity index (χ1) is 8.66. The molecular weight excluding hydrogens is 228 g/mol. The van der Waals surface area contributed by atoms with Crippen molar-refractivity contribution < 1.29 is 9.59 Å². The van der Waals surface area contributed by atoms with Gasteiger partial charge < -0.3 is 0 Å². The van der Waals surface area contributed by atoms with Crippen LogP contribution in [-0.2, 0) is 9.59 Å². The highest BCUT2D eigenvalue weighted by Crippen LogP contribution is 2.30. The summed E-state index contributed by atoms with van der Waals surface area (Å²) in [6.07, 6.45) is 0.905. The highest BCUT2D eigenvalue weighted by molar-refractivity contribution is 6.15.